The van der Waals surface area contributed by atoms with Gasteiger partial charge in [0.1, 0.15) is 11.2 Å². The van der Waals surface area contributed by atoms with E-state index in [1.165, 1.54) is 65.5 Å². The quantitative estimate of drug-likeness (QED) is 0.0907. The number of aromatic nitrogens is 3. The number of fused-ring (bicyclic) bond motifs is 4. The number of alkyl carbamates (subject to hydrolysis) is 2. The number of aryl methyl sites for hydroxylation is 2. The number of carbonyl (C=O) groups excluding carboxylic acids is 3. The lowest BCUT2D eigenvalue weighted by molar-refractivity contribution is -0.130. The molecule has 9 rings (SSSR count). The van der Waals surface area contributed by atoms with Gasteiger partial charge in [0, 0.05) is 93.5 Å². The van der Waals surface area contributed by atoms with Crippen molar-refractivity contribution < 1.29 is 23.9 Å². The normalized spacial score (nSPS) is 15.4. The number of rotatable bonds is 10. The topological polar surface area (TPSA) is 148 Å². The van der Waals surface area contributed by atoms with Gasteiger partial charge < -0.3 is 30.3 Å². The minimum absolute atomic E-state index is 0.136. The van der Waals surface area contributed by atoms with E-state index >= 15 is 0 Å². The number of amides is 3. The van der Waals surface area contributed by atoms with E-state index < -0.39 is 17.3 Å². The van der Waals surface area contributed by atoms with E-state index in [9.17, 15) is 14.4 Å². The summed E-state index contributed by atoms with van der Waals surface area (Å²) >= 11 is 16.3. The molecule has 75 heavy (non-hydrogen) atoms. The van der Waals surface area contributed by atoms with E-state index in [2.05, 4.69) is 57.3 Å². The molecule has 0 unspecified atom stereocenters. The van der Waals surface area contributed by atoms with Crippen molar-refractivity contribution >= 4 is 76.0 Å². The summed E-state index contributed by atoms with van der Waals surface area (Å²) in [6.45, 7) is 15.6. The number of thioether (sulfide) groups is 2. The highest BCUT2D eigenvalue weighted by atomic mass is 35.5. The predicted molar refractivity (Wildman–Crippen MR) is 304 cm³/mol. The van der Waals surface area contributed by atoms with E-state index in [1.54, 1.807) is 35.9 Å². The second kappa shape index (κ2) is 25.6. The van der Waals surface area contributed by atoms with Crippen LogP contribution in [0.2, 0.25) is 10.0 Å². The number of ether oxygens (including phenoxy) is 2. The van der Waals surface area contributed by atoms with E-state index in [0.29, 0.717) is 38.4 Å². The number of piperidine rings is 2. The van der Waals surface area contributed by atoms with Crippen LogP contribution in [0.5, 0.6) is 0 Å². The first-order valence-electron chi connectivity index (χ1n) is 26.0. The third-order valence-corrected chi connectivity index (χ3v) is 15.9. The van der Waals surface area contributed by atoms with Gasteiger partial charge in [-0.1, -0.05) is 52.5 Å². The Hall–Kier alpha value is -5.38. The van der Waals surface area contributed by atoms with Gasteiger partial charge in [0.2, 0.25) is 5.91 Å². The Kier molecular flexibility index (Phi) is 19.1. The van der Waals surface area contributed by atoms with Crippen molar-refractivity contribution in [3.8, 4) is 0 Å². The van der Waals surface area contributed by atoms with Crippen molar-refractivity contribution in [3.05, 3.63) is 157 Å². The summed E-state index contributed by atoms with van der Waals surface area (Å²) in [5, 5.41) is 10.7. The molecule has 3 amide bonds. The Morgan fingerprint density at radius 3 is 1.60 bits per heavy atom. The smallest absolute Gasteiger partial charge is 0.407 e. The van der Waals surface area contributed by atoms with Crippen molar-refractivity contribution in [2.75, 3.05) is 50.8 Å². The van der Waals surface area contributed by atoms with Gasteiger partial charge >= 0.3 is 12.2 Å². The lowest BCUT2D eigenvalue weighted by Gasteiger charge is -2.30. The van der Waals surface area contributed by atoms with Crippen LogP contribution in [0.25, 0.3) is 11.1 Å². The Morgan fingerprint density at radius 1 is 0.640 bits per heavy atom. The van der Waals surface area contributed by atoms with Crippen molar-refractivity contribution in [2.45, 2.75) is 120 Å². The van der Waals surface area contributed by atoms with Gasteiger partial charge in [-0.05, 0) is 187 Å². The maximum absolute atomic E-state index is 13.0. The highest BCUT2D eigenvalue weighted by molar-refractivity contribution is 7.99. The molecule has 0 radical (unpaired) electrons. The second-order valence-corrected chi connectivity index (χ2v) is 24.2. The lowest BCUT2D eigenvalue weighted by atomic mass is 9.88. The number of likely N-dealkylation sites (tertiary alicyclic amines) is 1. The molecule has 0 atom stereocenters. The molecule has 0 bridgehead atoms. The first-order chi connectivity index (χ1) is 36.0. The predicted octanol–water partition coefficient (Wildman–Crippen LogP) is 12.1. The van der Waals surface area contributed by atoms with Gasteiger partial charge in [0.15, 0.2) is 0 Å². The summed E-state index contributed by atoms with van der Waals surface area (Å²) in [7, 11) is 0. The van der Waals surface area contributed by atoms with E-state index in [-0.39, 0.29) is 12.0 Å². The van der Waals surface area contributed by atoms with Crippen LogP contribution in [-0.4, -0.2) is 99.9 Å². The molecular formula is C59H69Cl2N7O5S2. The zero-order chi connectivity index (χ0) is 53.1. The average molecular weight is 1090 g/mol. The number of halogens is 2. The van der Waals surface area contributed by atoms with Gasteiger partial charge in [0.05, 0.1) is 17.8 Å². The van der Waals surface area contributed by atoms with Gasteiger partial charge in [0.25, 0.3) is 0 Å². The molecule has 0 spiro atoms. The molecule has 4 aliphatic rings. The van der Waals surface area contributed by atoms with Crippen LogP contribution in [0, 0.1) is 0 Å². The largest absolute Gasteiger partial charge is 0.444 e. The zero-order valence-electron chi connectivity index (χ0n) is 44.0. The number of pyridine rings is 3. The summed E-state index contributed by atoms with van der Waals surface area (Å²) in [4.78, 5) is 55.4. The fourth-order valence-corrected chi connectivity index (χ4v) is 12.2. The van der Waals surface area contributed by atoms with Crippen LogP contribution in [0.4, 0.5) is 9.59 Å². The number of hydrogen-bond acceptors (Lipinski definition) is 11. The van der Waals surface area contributed by atoms with Crippen molar-refractivity contribution in [3.63, 3.8) is 0 Å². The maximum atomic E-state index is 13.0. The molecule has 5 heterocycles. The highest BCUT2D eigenvalue weighted by Gasteiger charge is 2.29. The van der Waals surface area contributed by atoms with E-state index in [0.717, 1.165) is 97.2 Å². The SMILES string of the molecule is CC(C)(C)OC(=O)NCCSc1ccnc2c1CCc1cc(Cl)ccc1C2=C1CCN(C(=O)Cc2cccnc2)CC1.CC(C)(C)OC(=O)NCCSc1ccnc2c1CCc1cc(Cl)ccc1C2=C1CCNCC1. The summed E-state index contributed by atoms with van der Waals surface area (Å²) in [5.74, 6) is 1.62. The average Bonchev–Trinajstić information content (AvgIpc) is 3.64. The standard InChI is InChI=1S/C33H37ClN4O3S.C26H32ClN3O2S/c1-33(2,3)41-32(40)37-15-18-42-28-10-14-36-31-27(28)8-6-24-20-25(34)7-9-26(24)30(31)23-11-16-38(17-12-23)29(39)19-22-5-4-13-35-21-22;1-26(2,3)32-25(31)30-14-15-33-22-10-13-29-24-21(22)6-4-18-16-19(27)5-7-20(18)23(24)17-8-11-28-12-9-17/h4-5,7,9-10,13-14,20-21H,6,8,11-12,15-19H2,1-3H3,(H,37,40);5,7,10,13,16,28H,4,6,8-9,11-12,14-15H2,1-3H3,(H,30,31). The molecule has 3 N–H and O–H groups in total. The molecule has 0 saturated carbocycles. The molecule has 2 aliphatic heterocycles. The first kappa shape index (κ1) is 55.8. The van der Waals surface area contributed by atoms with Crippen molar-refractivity contribution in [2.24, 2.45) is 0 Å². The zero-order valence-corrected chi connectivity index (χ0v) is 47.2. The Bertz CT molecular complexity index is 2920. The maximum Gasteiger partial charge on any atom is 0.407 e. The van der Waals surface area contributed by atoms with Gasteiger partial charge in [-0.3, -0.25) is 19.7 Å². The molecule has 2 aromatic carbocycles. The molecule has 396 valence electrons. The minimum atomic E-state index is -0.524. The van der Waals surface area contributed by atoms with Crippen LogP contribution >= 0.6 is 46.7 Å². The summed E-state index contributed by atoms with van der Waals surface area (Å²) < 4.78 is 10.7. The molecular weight excluding hydrogens is 1020 g/mol. The van der Waals surface area contributed by atoms with Crippen LogP contribution in [0.15, 0.2) is 106 Å². The Morgan fingerprint density at radius 2 is 1.13 bits per heavy atom. The van der Waals surface area contributed by atoms with Crippen LogP contribution < -0.4 is 16.0 Å². The van der Waals surface area contributed by atoms with Crippen molar-refractivity contribution in [1.29, 1.82) is 0 Å². The van der Waals surface area contributed by atoms with Crippen LogP contribution in [0.1, 0.15) is 118 Å². The lowest BCUT2D eigenvalue weighted by Crippen LogP contribution is -2.37. The molecule has 12 nitrogen and oxygen atoms in total. The van der Waals surface area contributed by atoms with Crippen LogP contribution in [0.3, 0.4) is 0 Å². The van der Waals surface area contributed by atoms with E-state index in [1.807, 2.05) is 83.1 Å². The molecule has 2 aliphatic carbocycles. The minimum Gasteiger partial charge on any atom is -0.444 e. The third kappa shape index (κ3) is 15.4. The number of nitrogens with zero attached hydrogens (tertiary/aromatic N) is 4. The fourth-order valence-electron chi connectivity index (χ4n) is 9.95. The van der Waals surface area contributed by atoms with Crippen LogP contribution in [-0.2, 0) is 46.4 Å². The van der Waals surface area contributed by atoms with Gasteiger partial charge in [-0.25, -0.2) is 9.59 Å². The Balaban J connectivity index is 0.000000205. The summed E-state index contributed by atoms with van der Waals surface area (Å²) in [6, 6.07) is 20.4. The highest BCUT2D eigenvalue weighted by Crippen LogP contribution is 2.43. The summed E-state index contributed by atoms with van der Waals surface area (Å²) in [6.07, 6.45) is 14.1. The van der Waals surface area contributed by atoms with Crippen molar-refractivity contribution in [1.82, 2.24) is 35.8 Å². The third-order valence-electron chi connectivity index (χ3n) is 13.2. The molecule has 3 aromatic heterocycles. The van der Waals surface area contributed by atoms with Gasteiger partial charge in [-0.15, -0.1) is 23.5 Å². The number of benzene rings is 2. The number of hydrogen-bond donors (Lipinski definition) is 3. The molecule has 2 fully saturated rings. The monoisotopic (exact) mass is 1090 g/mol. The Labute approximate surface area is 461 Å². The molecule has 16 heteroatoms. The van der Waals surface area contributed by atoms with E-state index in [4.69, 9.17) is 42.6 Å². The second-order valence-electron chi connectivity index (χ2n) is 21.1. The summed E-state index contributed by atoms with van der Waals surface area (Å²) in [5.41, 5.74) is 14.8. The number of carbonyl (C=O) groups is 3. The first-order valence-corrected chi connectivity index (χ1v) is 28.8. The van der Waals surface area contributed by atoms with Gasteiger partial charge in [-0.2, -0.15) is 0 Å². The number of nitrogens with one attached hydrogen (secondary N) is 3. The molecule has 2 saturated heterocycles. The molecule has 5 aromatic rings. The fraction of sp³-hybridized carbons (Fsp3) is 0.424.